The standard InChI is InChI=1S/C6H14.3C2H6.CHNO.CH3.Y/c1-5-6(2,3)4;3*1-2;2-1-3;;/h5H2,1-4H3;3*1-2H3;2H;1H3;/q;;;;;-1;/i;;;;;1T;. The topological polar surface area (TPSA) is 40.9 Å². The van der Waals surface area contributed by atoms with Crippen LogP contribution in [0, 0.1) is 18.2 Å². The van der Waals surface area contributed by atoms with Gasteiger partial charge in [-0.05, 0) is 5.41 Å². The summed E-state index contributed by atoms with van der Waals surface area (Å²) in [6.07, 6.45) is 2.02. The Kier molecular flexibility index (Phi) is 116. The van der Waals surface area contributed by atoms with E-state index in [0.717, 1.165) is 6.08 Å². The van der Waals surface area contributed by atoms with Gasteiger partial charge in [0, 0.05) is 32.7 Å². The Morgan fingerprint density at radius 2 is 1.12 bits per heavy atom. The van der Waals surface area contributed by atoms with Gasteiger partial charge in [-0.2, -0.15) is 0 Å². The minimum absolute atomic E-state index is 0. The fourth-order valence-corrected chi connectivity index (χ4v) is 0. The molecule has 2 nitrogen and oxygen atoms in total. The van der Waals surface area contributed by atoms with Crippen LogP contribution in [-0.4, -0.2) is 6.08 Å². The first kappa shape index (κ1) is 36.0. The van der Waals surface area contributed by atoms with Crippen LogP contribution in [0.25, 0.3) is 0 Å². The molecule has 17 heavy (non-hydrogen) atoms. The van der Waals surface area contributed by atoms with E-state index in [1.807, 2.05) is 41.5 Å². The van der Waals surface area contributed by atoms with Gasteiger partial charge >= 0.3 is 0 Å². The summed E-state index contributed by atoms with van der Waals surface area (Å²) < 4.78 is 5.50. The SMILES string of the molecule is CC.CC.CC.CCC(C)(C)C.N=C=O.[3H][CH2-].[Y]. The molecule has 1 radical (unpaired) electrons. The van der Waals surface area contributed by atoms with Gasteiger partial charge in [-0.1, -0.05) is 75.7 Å². The quantitative estimate of drug-likeness (QED) is 0.338. The number of carbonyl (C=O) groups excluding carboxylic acids is 1. The molecule has 1 N–H and O–H groups in total. The number of hydrogen-bond acceptors (Lipinski definition) is 2. The Morgan fingerprint density at radius 1 is 1.06 bits per heavy atom. The van der Waals surface area contributed by atoms with Gasteiger partial charge in [0.15, 0.2) is 0 Å². The Morgan fingerprint density at radius 3 is 1.12 bits per heavy atom. The number of rotatable bonds is 0. The van der Waals surface area contributed by atoms with Gasteiger partial charge in [-0.15, -0.1) is 0 Å². The molecule has 0 heterocycles. The molecule has 107 valence electrons. The van der Waals surface area contributed by atoms with Crippen molar-refractivity contribution in [2.24, 2.45) is 5.41 Å². The third kappa shape index (κ3) is 285. The molecule has 0 aromatic heterocycles. The molecule has 0 aromatic rings. The number of hydrogen-bond donors (Lipinski definition) is 1. The van der Waals surface area contributed by atoms with E-state index in [4.69, 9.17) is 11.6 Å². The molecule has 0 saturated carbocycles. The van der Waals surface area contributed by atoms with Crippen LogP contribution in [0.1, 0.15) is 77.0 Å². The van der Waals surface area contributed by atoms with Crippen LogP contribution in [0.2, 0.25) is 0 Å². The summed E-state index contributed by atoms with van der Waals surface area (Å²) in [5.41, 5.74) is 0.542. The molecule has 0 aliphatic rings. The summed E-state index contributed by atoms with van der Waals surface area (Å²) in [5.74, 6) is 0. The largest absolute Gasteiger partial charge is 0.358 e. The normalized spacial score (nSPS) is 6.18. The Bertz CT molecular complexity index is 98.5. The van der Waals surface area contributed by atoms with E-state index in [-0.39, 0.29) is 32.7 Å². The molecule has 3 heteroatoms. The molecular formula is C14H36NOY-. The third-order valence-electron chi connectivity index (χ3n) is 1.06. The second-order valence-electron chi connectivity index (χ2n) is 3.02. The summed E-state index contributed by atoms with van der Waals surface area (Å²) in [6, 6.07) is 0. The van der Waals surface area contributed by atoms with Crippen molar-refractivity contribution in [2.45, 2.75) is 75.7 Å². The molecule has 0 spiro atoms. The minimum Gasteiger partial charge on any atom is -0.358 e. The van der Waals surface area contributed by atoms with Gasteiger partial charge in [0.1, 0.15) is 0 Å². The number of nitrogens with one attached hydrogen (secondary N) is 1. The second-order valence-corrected chi connectivity index (χ2v) is 3.02. The van der Waals surface area contributed by atoms with E-state index in [1.54, 1.807) is 0 Å². The molecule has 0 atom stereocenters. The maximum absolute atomic E-state index is 8.35. The van der Waals surface area contributed by atoms with Crippen LogP contribution in [0.5, 0.6) is 0 Å². The Balaban J connectivity index is -0.0000000176. The maximum atomic E-state index is 8.35. The third-order valence-corrected chi connectivity index (χ3v) is 1.06. The van der Waals surface area contributed by atoms with Gasteiger partial charge < -0.3 is 7.40 Å². The van der Waals surface area contributed by atoms with E-state index in [2.05, 4.69) is 35.1 Å². The van der Waals surface area contributed by atoms with Crippen LogP contribution < -0.4 is 0 Å². The van der Waals surface area contributed by atoms with Gasteiger partial charge in [0.25, 0.3) is 0 Å². The zero-order chi connectivity index (χ0) is 15.9. The molecule has 0 aliphatic carbocycles. The van der Waals surface area contributed by atoms with Crippen molar-refractivity contribution in [3.63, 3.8) is 0 Å². The predicted molar refractivity (Wildman–Crippen MR) is 78.6 cm³/mol. The molecule has 0 saturated heterocycles. The zero-order valence-electron chi connectivity index (χ0n) is 14.9. The minimum atomic E-state index is 0. The zero-order valence-corrected chi connectivity index (χ0v) is 16.7. The molecule has 0 unspecified atom stereocenters. The fraction of sp³-hybridized carbons (Fsp3) is 0.857. The molecular weight excluding hydrogens is 287 g/mol. The van der Waals surface area contributed by atoms with Gasteiger partial charge in [0.2, 0.25) is 6.08 Å². The van der Waals surface area contributed by atoms with Crippen molar-refractivity contribution in [1.82, 2.24) is 0 Å². The molecule has 0 rings (SSSR count). The van der Waals surface area contributed by atoms with Crippen molar-refractivity contribution in [3.05, 3.63) is 7.40 Å². The smallest absolute Gasteiger partial charge is 0.231 e. The van der Waals surface area contributed by atoms with Crippen molar-refractivity contribution in [3.8, 4) is 0 Å². The van der Waals surface area contributed by atoms with E-state index in [0.29, 0.717) is 5.41 Å². The van der Waals surface area contributed by atoms with E-state index in [9.17, 15) is 0 Å². The molecule has 0 fully saturated rings. The van der Waals surface area contributed by atoms with Crippen molar-refractivity contribution in [2.75, 3.05) is 0 Å². The van der Waals surface area contributed by atoms with E-state index < -0.39 is 0 Å². The van der Waals surface area contributed by atoms with Crippen LogP contribution in [0.3, 0.4) is 0 Å². The summed E-state index contributed by atoms with van der Waals surface area (Å²) in [7, 11) is 2.50. The van der Waals surface area contributed by atoms with E-state index in [1.165, 1.54) is 6.42 Å². The van der Waals surface area contributed by atoms with Gasteiger partial charge in [0.05, 0.1) is 0 Å². The van der Waals surface area contributed by atoms with Crippen LogP contribution in [0.15, 0.2) is 0 Å². The molecule has 0 aromatic carbocycles. The first-order chi connectivity index (χ1) is 7.97. The summed E-state index contributed by atoms with van der Waals surface area (Å²) in [4.78, 5) is 8.35. The average molecular weight is 325 g/mol. The first-order valence-electron chi connectivity index (χ1n) is 6.72. The Labute approximate surface area is 138 Å². The summed E-state index contributed by atoms with van der Waals surface area (Å²) in [6.45, 7) is 20.9. The summed E-state index contributed by atoms with van der Waals surface area (Å²) in [5, 5.41) is 5.40. The molecule has 0 aliphatic heterocycles. The number of isocyanates is 1. The first-order valence-corrected chi connectivity index (χ1v) is 6.01. The fourth-order valence-electron chi connectivity index (χ4n) is 0. The monoisotopic (exact) mass is 325 g/mol. The van der Waals surface area contributed by atoms with Crippen molar-refractivity contribution in [1.29, 1.82) is 5.41 Å². The van der Waals surface area contributed by atoms with Crippen molar-refractivity contribution < 1.29 is 38.9 Å². The molecule has 0 bridgehead atoms. The van der Waals surface area contributed by atoms with Gasteiger partial charge in [-0.25, -0.2) is 11.6 Å². The van der Waals surface area contributed by atoms with Crippen LogP contribution in [0.4, 0.5) is 0 Å². The van der Waals surface area contributed by atoms with Gasteiger partial charge in [-0.3, -0.25) is 0 Å². The van der Waals surface area contributed by atoms with E-state index >= 15 is 0 Å². The predicted octanol–water partition coefficient (Wildman–Crippen LogP) is 5.87. The second kappa shape index (κ2) is 54.9. The average Bonchev–Trinajstić information content (AvgIpc) is 2.39. The van der Waals surface area contributed by atoms with Crippen molar-refractivity contribution >= 4 is 6.08 Å². The maximum Gasteiger partial charge on any atom is 0.231 e. The Hall–Kier alpha value is 0.484. The van der Waals surface area contributed by atoms with Crippen LogP contribution >= 0.6 is 0 Å². The van der Waals surface area contributed by atoms with Crippen LogP contribution in [-0.2, 0) is 37.5 Å². The summed E-state index contributed by atoms with van der Waals surface area (Å²) >= 11 is 0. The molecule has 0 amide bonds.